The Kier molecular flexibility index (Phi) is 8.55. The van der Waals surface area contributed by atoms with Gasteiger partial charge >= 0.3 is 0 Å². The van der Waals surface area contributed by atoms with E-state index < -0.39 is 0 Å². The SMILES string of the molecule is CCOCCCCNC(=NC)NCc1ccc(Cn2ccnc2)cc1. The summed E-state index contributed by atoms with van der Waals surface area (Å²) < 4.78 is 7.40. The van der Waals surface area contributed by atoms with Crippen molar-refractivity contribution >= 4 is 5.96 Å². The summed E-state index contributed by atoms with van der Waals surface area (Å²) in [6, 6.07) is 8.60. The highest BCUT2D eigenvalue weighted by Crippen LogP contribution is 2.06. The van der Waals surface area contributed by atoms with E-state index in [-0.39, 0.29) is 0 Å². The van der Waals surface area contributed by atoms with E-state index in [1.165, 1.54) is 11.1 Å². The summed E-state index contributed by atoms with van der Waals surface area (Å²) in [5.74, 6) is 0.832. The van der Waals surface area contributed by atoms with E-state index in [0.29, 0.717) is 0 Å². The zero-order chi connectivity index (χ0) is 17.7. The molecule has 0 amide bonds. The molecule has 1 heterocycles. The Bertz CT molecular complexity index is 607. The van der Waals surface area contributed by atoms with Crippen molar-refractivity contribution in [2.24, 2.45) is 4.99 Å². The van der Waals surface area contributed by atoms with Crippen LogP contribution in [0, 0.1) is 0 Å². The lowest BCUT2D eigenvalue weighted by Gasteiger charge is -2.12. The molecular weight excluding hydrogens is 314 g/mol. The van der Waals surface area contributed by atoms with Gasteiger partial charge in [0, 0.05) is 52.3 Å². The number of aliphatic imine (C=N–C) groups is 1. The molecule has 0 unspecified atom stereocenters. The monoisotopic (exact) mass is 343 g/mol. The lowest BCUT2D eigenvalue weighted by Crippen LogP contribution is -2.37. The summed E-state index contributed by atoms with van der Waals surface area (Å²) in [6.45, 7) is 6.14. The third-order valence-corrected chi connectivity index (χ3v) is 3.84. The number of ether oxygens (including phenoxy) is 1. The van der Waals surface area contributed by atoms with Gasteiger partial charge in [-0.1, -0.05) is 24.3 Å². The average Bonchev–Trinajstić information content (AvgIpc) is 3.15. The van der Waals surface area contributed by atoms with Crippen LogP contribution in [-0.2, 0) is 17.8 Å². The van der Waals surface area contributed by atoms with Gasteiger partial charge in [-0.15, -0.1) is 0 Å². The van der Waals surface area contributed by atoms with Gasteiger partial charge in [-0.25, -0.2) is 4.98 Å². The molecule has 0 fully saturated rings. The molecule has 2 rings (SSSR count). The van der Waals surface area contributed by atoms with Crippen LogP contribution in [0.4, 0.5) is 0 Å². The molecule has 0 atom stereocenters. The maximum Gasteiger partial charge on any atom is 0.191 e. The predicted octanol–water partition coefficient (Wildman–Crippen LogP) is 2.41. The molecule has 6 heteroatoms. The molecule has 1 aromatic carbocycles. The van der Waals surface area contributed by atoms with Gasteiger partial charge in [-0.2, -0.15) is 0 Å². The number of unbranched alkanes of at least 4 members (excludes halogenated alkanes) is 1. The van der Waals surface area contributed by atoms with Gasteiger partial charge in [-0.3, -0.25) is 4.99 Å². The highest BCUT2D eigenvalue weighted by molar-refractivity contribution is 5.79. The van der Waals surface area contributed by atoms with Gasteiger partial charge in [0.05, 0.1) is 6.33 Å². The Morgan fingerprint density at radius 1 is 1.16 bits per heavy atom. The van der Waals surface area contributed by atoms with Gasteiger partial charge in [0.15, 0.2) is 5.96 Å². The van der Waals surface area contributed by atoms with Crippen molar-refractivity contribution in [2.45, 2.75) is 32.9 Å². The highest BCUT2D eigenvalue weighted by Gasteiger charge is 2.00. The molecule has 2 aromatic rings. The van der Waals surface area contributed by atoms with Crippen molar-refractivity contribution in [3.63, 3.8) is 0 Å². The van der Waals surface area contributed by atoms with Gasteiger partial charge in [-0.05, 0) is 30.9 Å². The molecule has 136 valence electrons. The van der Waals surface area contributed by atoms with Crippen molar-refractivity contribution in [3.05, 3.63) is 54.1 Å². The van der Waals surface area contributed by atoms with Crippen LogP contribution in [0.1, 0.15) is 30.9 Å². The van der Waals surface area contributed by atoms with Crippen molar-refractivity contribution < 1.29 is 4.74 Å². The van der Waals surface area contributed by atoms with E-state index in [2.05, 4.69) is 49.4 Å². The Balaban J connectivity index is 1.68. The smallest absolute Gasteiger partial charge is 0.191 e. The van der Waals surface area contributed by atoms with E-state index in [0.717, 1.165) is 51.6 Å². The van der Waals surface area contributed by atoms with Crippen LogP contribution in [0.3, 0.4) is 0 Å². The number of nitrogens with zero attached hydrogens (tertiary/aromatic N) is 3. The van der Waals surface area contributed by atoms with Crippen LogP contribution >= 0.6 is 0 Å². The molecule has 6 nitrogen and oxygen atoms in total. The Morgan fingerprint density at radius 3 is 2.64 bits per heavy atom. The summed E-state index contributed by atoms with van der Waals surface area (Å²) >= 11 is 0. The molecule has 0 spiro atoms. The Hall–Kier alpha value is -2.34. The fraction of sp³-hybridized carbons (Fsp3) is 0.474. The quantitative estimate of drug-likeness (QED) is 0.395. The molecule has 0 aliphatic heterocycles. The Labute approximate surface area is 150 Å². The van der Waals surface area contributed by atoms with Crippen molar-refractivity contribution in [1.29, 1.82) is 0 Å². The fourth-order valence-corrected chi connectivity index (χ4v) is 2.44. The standard InChI is InChI=1S/C19H29N5O/c1-3-25-13-5-4-10-22-19(20-2)23-14-17-6-8-18(9-7-17)15-24-12-11-21-16-24/h6-9,11-12,16H,3-5,10,13-15H2,1-2H3,(H2,20,22,23). The largest absolute Gasteiger partial charge is 0.382 e. The number of guanidine groups is 1. The fourth-order valence-electron chi connectivity index (χ4n) is 2.44. The summed E-state index contributed by atoms with van der Waals surface area (Å²) in [4.78, 5) is 8.32. The Morgan fingerprint density at radius 2 is 1.96 bits per heavy atom. The summed E-state index contributed by atoms with van der Waals surface area (Å²) in [5, 5.41) is 6.68. The summed E-state index contributed by atoms with van der Waals surface area (Å²) in [6.07, 6.45) is 7.74. The molecule has 0 saturated heterocycles. The highest BCUT2D eigenvalue weighted by atomic mass is 16.5. The van der Waals surface area contributed by atoms with Crippen LogP contribution in [0.5, 0.6) is 0 Å². The first-order valence-electron chi connectivity index (χ1n) is 8.87. The molecule has 0 radical (unpaired) electrons. The van der Waals surface area contributed by atoms with Gasteiger partial charge in [0.1, 0.15) is 0 Å². The zero-order valence-electron chi connectivity index (χ0n) is 15.2. The lowest BCUT2D eigenvalue weighted by molar-refractivity contribution is 0.143. The maximum atomic E-state index is 5.34. The topological polar surface area (TPSA) is 63.5 Å². The minimum Gasteiger partial charge on any atom is -0.382 e. The number of imidazole rings is 1. The second-order valence-corrected chi connectivity index (χ2v) is 5.81. The molecule has 0 aliphatic carbocycles. The number of rotatable bonds is 10. The normalized spacial score (nSPS) is 11.5. The second kappa shape index (κ2) is 11.3. The first kappa shape index (κ1) is 19.0. The summed E-state index contributed by atoms with van der Waals surface area (Å²) in [5.41, 5.74) is 2.49. The molecule has 2 N–H and O–H groups in total. The van der Waals surface area contributed by atoms with Crippen LogP contribution in [-0.4, -0.2) is 42.3 Å². The molecular formula is C19H29N5O. The third kappa shape index (κ3) is 7.39. The number of aromatic nitrogens is 2. The van der Waals surface area contributed by atoms with Crippen LogP contribution in [0.25, 0.3) is 0 Å². The zero-order valence-corrected chi connectivity index (χ0v) is 15.2. The van der Waals surface area contributed by atoms with E-state index in [1.54, 1.807) is 13.2 Å². The van der Waals surface area contributed by atoms with Crippen molar-refractivity contribution in [3.8, 4) is 0 Å². The first-order valence-corrected chi connectivity index (χ1v) is 8.87. The molecule has 1 aromatic heterocycles. The van der Waals surface area contributed by atoms with Gasteiger partial charge in [0.2, 0.25) is 0 Å². The molecule has 0 saturated carbocycles. The summed E-state index contributed by atoms with van der Waals surface area (Å²) in [7, 11) is 1.80. The number of hydrogen-bond acceptors (Lipinski definition) is 3. The maximum absolute atomic E-state index is 5.34. The van der Waals surface area contributed by atoms with Gasteiger partial charge < -0.3 is 19.9 Å². The van der Waals surface area contributed by atoms with Crippen LogP contribution in [0.2, 0.25) is 0 Å². The van der Waals surface area contributed by atoms with Crippen LogP contribution < -0.4 is 10.6 Å². The molecule has 0 bridgehead atoms. The number of nitrogens with one attached hydrogen (secondary N) is 2. The minimum atomic E-state index is 0.754. The van der Waals surface area contributed by atoms with Crippen molar-refractivity contribution in [1.82, 2.24) is 20.2 Å². The predicted molar refractivity (Wildman–Crippen MR) is 102 cm³/mol. The third-order valence-electron chi connectivity index (χ3n) is 3.84. The number of benzene rings is 1. The van der Waals surface area contributed by atoms with Crippen LogP contribution in [0.15, 0.2) is 48.0 Å². The molecule has 25 heavy (non-hydrogen) atoms. The van der Waals surface area contributed by atoms with E-state index in [1.807, 2.05) is 19.4 Å². The van der Waals surface area contributed by atoms with E-state index in [4.69, 9.17) is 4.74 Å². The lowest BCUT2D eigenvalue weighted by atomic mass is 10.1. The first-order chi connectivity index (χ1) is 12.3. The minimum absolute atomic E-state index is 0.754. The number of hydrogen-bond donors (Lipinski definition) is 2. The average molecular weight is 343 g/mol. The molecule has 0 aliphatic rings. The van der Waals surface area contributed by atoms with E-state index in [9.17, 15) is 0 Å². The van der Waals surface area contributed by atoms with Gasteiger partial charge in [0.25, 0.3) is 0 Å². The second-order valence-electron chi connectivity index (χ2n) is 5.81. The van der Waals surface area contributed by atoms with E-state index >= 15 is 0 Å². The van der Waals surface area contributed by atoms with Crippen molar-refractivity contribution in [2.75, 3.05) is 26.8 Å².